The molecule has 0 radical (unpaired) electrons. The van der Waals surface area contributed by atoms with Crippen LogP contribution in [0.2, 0.25) is 0 Å². The smallest absolute Gasteiger partial charge is 0.234 e. The van der Waals surface area contributed by atoms with Crippen LogP contribution in [-0.4, -0.2) is 25.6 Å². The van der Waals surface area contributed by atoms with Gasteiger partial charge in [-0.1, -0.05) is 44.2 Å². The van der Waals surface area contributed by atoms with Gasteiger partial charge in [-0.25, -0.2) is 0 Å². The van der Waals surface area contributed by atoms with Crippen molar-refractivity contribution >= 4 is 5.91 Å². The molecule has 2 N–H and O–H groups in total. The van der Waals surface area contributed by atoms with E-state index in [1.165, 1.54) is 50.5 Å². The molecule has 0 aromatic heterocycles. The Hall–Kier alpha value is -1.55. The predicted molar refractivity (Wildman–Crippen MR) is 101 cm³/mol. The predicted octanol–water partition coefficient (Wildman–Crippen LogP) is 3.97. The molecule has 2 saturated carbocycles. The first-order chi connectivity index (χ1) is 12.3. The highest BCUT2D eigenvalue weighted by molar-refractivity contribution is 5.78. The fourth-order valence-electron chi connectivity index (χ4n) is 3.88. The van der Waals surface area contributed by atoms with Gasteiger partial charge in [-0.15, -0.1) is 0 Å². The molecule has 1 aromatic rings. The maximum atomic E-state index is 12.4. The van der Waals surface area contributed by atoms with E-state index in [9.17, 15) is 4.79 Å². The number of hydrogen-bond acceptors (Lipinski definition) is 3. The summed E-state index contributed by atoms with van der Waals surface area (Å²) in [4.78, 5) is 12.4. The van der Waals surface area contributed by atoms with Crippen LogP contribution >= 0.6 is 0 Å². The number of methoxy groups -OCH3 is 1. The minimum absolute atomic E-state index is 0.143. The van der Waals surface area contributed by atoms with Gasteiger partial charge >= 0.3 is 0 Å². The van der Waals surface area contributed by atoms with E-state index in [1.807, 2.05) is 12.1 Å². The second-order valence-electron chi connectivity index (χ2n) is 7.58. The van der Waals surface area contributed by atoms with Gasteiger partial charge in [0.05, 0.1) is 13.7 Å². The van der Waals surface area contributed by atoms with Crippen LogP contribution in [0, 0.1) is 5.92 Å². The lowest BCUT2D eigenvalue weighted by molar-refractivity contribution is -0.121. The second-order valence-corrected chi connectivity index (χ2v) is 7.58. The maximum Gasteiger partial charge on any atom is 0.234 e. The van der Waals surface area contributed by atoms with Gasteiger partial charge in [-0.2, -0.15) is 0 Å². The van der Waals surface area contributed by atoms with E-state index in [0.29, 0.717) is 18.5 Å². The molecule has 0 spiro atoms. The quantitative estimate of drug-likeness (QED) is 0.787. The van der Waals surface area contributed by atoms with Crippen LogP contribution in [-0.2, 0) is 4.79 Å². The van der Waals surface area contributed by atoms with Crippen LogP contribution in [0.3, 0.4) is 0 Å². The summed E-state index contributed by atoms with van der Waals surface area (Å²) in [5.41, 5.74) is 1.25. The summed E-state index contributed by atoms with van der Waals surface area (Å²) in [5, 5.41) is 6.75. The Labute approximate surface area is 151 Å². The zero-order valence-corrected chi connectivity index (χ0v) is 15.4. The molecule has 0 aliphatic heterocycles. The normalized spacial score (nSPS) is 20.4. The van der Waals surface area contributed by atoms with Crippen molar-refractivity contribution in [3.63, 3.8) is 0 Å². The summed E-state index contributed by atoms with van der Waals surface area (Å²) >= 11 is 0. The Morgan fingerprint density at radius 1 is 1.04 bits per heavy atom. The van der Waals surface area contributed by atoms with E-state index in [2.05, 4.69) is 22.8 Å². The fraction of sp³-hybridized carbons (Fsp3) is 0.667. The number of carbonyl (C=O) groups is 1. The first-order valence-corrected chi connectivity index (χ1v) is 9.93. The average Bonchev–Trinajstić information content (AvgIpc) is 3.43. The van der Waals surface area contributed by atoms with Crippen molar-refractivity contribution in [2.45, 2.75) is 69.9 Å². The molecule has 0 bridgehead atoms. The summed E-state index contributed by atoms with van der Waals surface area (Å²) in [7, 11) is 1.69. The average molecular weight is 344 g/mol. The summed E-state index contributed by atoms with van der Waals surface area (Å²) < 4.78 is 5.24. The minimum atomic E-state index is 0.143. The highest BCUT2D eigenvalue weighted by atomic mass is 16.5. The molecule has 1 atom stereocenters. The molecule has 25 heavy (non-hydrogen) atoms. The fourth-order valence-corrected chi connectivity index (χ4v) is 3.88. The molecule has 1 amide bonds. The molecule has 0 saturated heterocycles. The number of ether oxygens (including phenoxy) is 1. The van der Waals surface area contributed by atoms with E-state index in [-0.39, 0.29) is 11.9 Å². The van der Waals surface area contributed by atoms with E-state index in [4.69, 9.17) is 4.74 Å². The van der Waals surface area contributed by atoms with Gasteiger partial charge in [-0.3, -0.25) is 4.79 Å². The van der Waals surface area contributed by atoms with Crippen molar-refractivity contribution in [3.05, 3.63) is 29.8 Å². The number of hydrogen-bond donors (Lipinski definition) is 2. The molecule has 138 valence electrons. The molecule has 1 unspecified atom stereocenters. The van der Waals surface area contributed by atoms with E-state index >= 15 is 0 Å². The Balaban J connectivity index is 1.49. The highest BCUT2D eigenvalue weighted by Crippen LogP contribution is 2.41. The summed E-state index contributed by atoms with van der Waals surface area (Å²) in [6.07, 6.45) is 11.2. The van der Waals surface area contributed by atoms with Gasteiger partial charge in [0.2, 0.25) is 5.91 Å². The van der Waals surface area contributed by atoms with Gasteiger partial charge in [-0.05, 0) is 49.3 Å². The number of nitrogens with one attached hydrogen (secondary N) is 2. The molecule has 2 fully saturated rings. The van der Waals surface area contributed by atoms with Crippen LogP contribution in [0.15, 0.2) is 24.3 Å². The van der Waals surface area contributed by atoms with Crippen molar-refractivity contribution in [2.75, 3.05) is 13.7 Å². The Bertz CT molecular complexity index is 531. The lowest BCUT2D eigenvalue weighted by Gasteiger charge is -2.23. The van der Waals surface area contributed by atoms with Gasteiger partial charge < -0.3 is 15.4 Å². The van der Waals surface area contributed by atoms with Crippen molar-refractivity contribution < 1.29 is 9.53 Å². The van der Waals surface area contributed by atoms with Crippen molar-refractivity contribution in [2.24, 2.45) is 5.92 Å². The van der Waals surface area contributed by atoms with Crippen LogP contribution in [0.4, 0.5) is 0 Å². The monoisotopic (exact) mass is 344 g/mol. The zero-order valence-electron chi connectivity index (χ0n) is 15.4. The van der Waals surface area contributed by atoms with E-state index in [1.54, 1.807) is 7.11 Å². The molecule has 4 nitrogen and oxygen atoms in total. The molecular weight excluding hydrogens is 312 g/mol. The lowest BCUT2D eigenvalue weighted by Crippen LogP contribution is -2.41. The van der Waals surface area contributed by atoms with Crippen molar-refractivity contribution in [1.82, 2.24) is 10.6 Å². The van der Waals surface area contributed by atoms with Crippen molar-refractivity contribution in [1.29, 1.82) is 0 Å². The Kier molecular flexibility index (Phi) is 6.74. The Morgan fingerprint density at radius 2 is 1.68 bits per heavy atom. The zero-order chi connectivity index (χ0) is 17.5. The first-order valence-electron chi connectivity index (χ1n) is 9.93. The van der Waals surface area contributed by atoms with Gasteiger partial charge in [0.15, 0.2) is 0 Å². The van der Waals surface area contributed by atoms with Crippen LogP contribution < -0.4 is 15.4 Å². The molecule has 2 aliphatic rings. The summed E-state index contributed by atoms with van der Waals surface area (Å²) in [6, 6.07) is 8.87. The van der Waals surface area contributed by atoms with Gasteiger partial charge in [0, 0.05) is 12.1 Å². The molecule has 0 heterocycles. The molecular formula is C21H32N2O2. The maximum absolute atomic E-state index is 12.4. The third kappa shape index (κ3) is 5.74. The third-order valence-corrected chi connectivity index (χ3v) is 5.52. The van der Waals surface area contributed by atoms with Crippen LogP contribution in [0.5, 0.6) is 5.75 Å². The standard InChI is InChI=1S/C21H32N2O2/c1-25-19-13-11-17(12-14-19)21(16-9-10-16)22-15-20(24)23-18-7-5-3-2-4-6-8-18/h11-14,16,18,21-22H,2-10,15H2,1H3,(H,23,24). The number of rotatable bonds is 7. The number of carbonyl (C=O) groups excluding carboxylic acids is 1. The molecule has 3 rings (SSSR count). The minimum Gasteiger partial charge on any atom is -0.497 e. The van der Waals surface area contributed by atoms with Crippen LogP contribution in [0.1, 0.15) is 69.4 Å². The molecule has 1 aromatic carbocycles. The van der Waals surface area contributed by atoms with Gasteiger partial charge in [0.1, 0.15) is 5.75 Å². The highest BCUT2D eigenvalue weighted by Gasteiger charge is 2.32. The van der Waals surface area contributed by atoms with Crippen molar-refractivity contribution in [3.8, 4) is 5.75 Å². The number of benzene rings is 1. The SMILES string of the molecule is COc1ccc(C(NCC(=O)NC2CCCCCCC2)C2CC2)cc1. The first kappa shape index (κ1) is 18.2. The Morgan fingerprint density at radius 3 is 2.28 bits per heavy atom. The summed E-state index contributed by atoms with van der Waals surface area (Å²) in [6.45, 7) is 0.406. The van der Waals surface area contributed by atoms with Gasteiger partial charge in [0.25, 0.3) is 0 Å². The third-order valence-electron chi connectivity index (χ3n) is 5.52. The molecule has 4 heteroatoms. The topological polar surface area (TPSA) is 50.4 Å². The summed E-state index contributed by atoms with van der Waals surface area (Å²) in [5.74, 6) is 1.67. The van der Waals surface area contributed by atoms with E-state index in [0.717, 1.165) is 18.6 Å². The lowest BCUT2D eigenvalue weighted by atomic mass is 9.97. The molecule has 2 aliphatic carbocycles. The second kappa shape index (κ2) is 9.23. The van der Waals surface area contributed by atoms with E-state index < -0.39 is 0 Å². The number of amides is 1. The largest absolute Gasteiger partial charge is 0.497 e. The van der Waals surface area contributed by atoms with Crippen LogP contribution in [0.25, 0.3) is 0 Å².